The Morgan fingerprint density at radius 2 is 1.95 bits per heavy atom. The van der Waals surface area contributed by atoms with Crippen LogP contribution in [0.5, 0.6) is 0 Å². The highest BCUT2D eigenvalue weighted by Crippen LogP contribution is 2.25. The lowest BCUT2D eigenvalue weighted by atomic mass is 10.1. The first-order valence-electron chi connectivity index (χ1n) is 6.43. The molecule has 0 saturated carbocycles. The number of aromatic amines is 1. The fraction of sp³-hybridized carbons (Fsp3) is 0.125. The van der Waals surface area contributed by atoms with Crippen LogP contribution in [0.15, 0.2) is 48.7 Å². The molecule has 0 aliphatic carbocycles. The summed E-state index contributed by atoms with van der Waals surface area (Å²) in [6, 6.07) is 11.7. The Morgan fingerprint density at radius 1 is 1.10 bits per heavy atom. The normalized spacial score (nSPS) is 12.6. The van der Waals surface area contributed by atoms with Gasteiger partial charge in [-0.05, 0) is 37.3 Å². The number of rotatable bonds is 3. The monoisotopic (exact) mass is 272 g/mol. The predicted octanol–water partition coefficient (Wildman–Crippen LogP) is 4.62. The van der Waals surface area contributed by atoms with Crippen LogP contribution in [0.25, 0.3) is 10.9 Å². The highest BCUT2D eigenvalue weighted by Gasteiger charge is 2.14. The van der Waals surface area contributed by atoms with Gasteiger partial charge in [0.1, 0.15) is 0 Å². The zero-order valence-electron chi connectivity index (χ0n) is 11.0. The summed E-state index contributed by atoms with van der Waals surface area (Å²) in [5.74, 6) is -1.62. The lowest BCUT2D eigenvalue weighted by Gasteiger charge is -2.16. The van der Waals surface area contributed by atoms with E-state index in [9.17, 15) is 8.78 Å². The molecule has 4 heteroatoms. The van der Waals surface area contributed by atoms with Gasteiger partial charge in [0.15, 0.2) is 11.6 Å². The number of H-pyrrole nitrogens is 1. The molecule has 20 heavy (non-hydrogen) atoms. The van der Waals surface area contributed by atoms with Crippen LogP contribution in [-0.2, 0) is 0 Å². The van der Waals surface area contributed by atoms with Gasteiger partial charge in [-0.3, -0.25) is 0 Å². The van der Waals surface area contributed by atoms with E-state index in [-0.39, 0.29) is 6.04 Å². The van der Waals surface area contributed by atoms with Crippen molar-refractivity contribution >= 4 is 16.6 Å². The molecule has 3 rings (SSSR count). The summed E-state index contributed by atoms with van der Waals surface area (Å²) >= 11 is 0. The molecule has 0 fully saturated rings. The summed E-state index contributed by atoms with van der Waals surface area (Å²) in [6.45, 7) is 1.80. The fourth-order valence-corrected chi connectivity index (χ4v) is 2.33. The van der Waals surface area contributed by atoms with Gasteiger partial charge in [-0.15, -0.1) is 0 Å². The summed E-state index contributed by atoms with van der Waals surface area (Å²) in [7, 11) is 0. The average molecular weight is 272 g/mol. The number of hydrogen-bond donors (Lipinski definition) is 2. The predicted molar refractivity (Wildman–Crippen MR) is 76.7 cm³/mol. The Morgan fingerprint density at radius 3 is 2.80 bits per heavy atom. The molecule has 0 bridgehead atoms. The number of anilines is 1. The summed E-state index contributed by atoms with van der Waals surface area (Å²) < 4.78 is 27.0. The minimum absolute atomic E-state index is 0.318. The molecule has 0 saturated heterocycles. The van der Waals surface area contributed by atoms with Crippen molar-refractivity contribution in [1.29, 1.82) is 0 Å². The molecule has 2 N–H and O–H groups in total. The minimum Gasteiger partial charge on any atom is -0.378 e. The number of fused-ring (bicyclic) bond motifs is 1. The maximum Gasteiger partial charge on any atom is 0.164 e. The SMILES string of the molecule is CC(Nc1ccc2[nH]ccc2c1)c1cccc(F)c1F. The Kier molecular flexibility index (Phi) is 3.14. The molecule has 2 aromatic carbocycles. The topological polar surface area (TPSA) is 27.8 Å². The molecule has 3 aromatic rings. The maximum absolute atomic E-state index is 13.7. The minimum atomic E-state index is -0.822. The second-order valence-corrected chi connectivity index (χ2v) is 4.79. The third-order valence-electron chi connectivity index (χ3n) is 3.38. The van der Waals surface area contributed by atoms with Gasteiger partial charge in [0.2, 0.25) is 0 Å². The van der Waals surface area contributed by atoms with E-state index in [1.165, 1.54) is 6.07 Å². The third kappa shape index (κ3) is 2.25. The lowest BCUT2D eigenvalue weighted by molar-refractivity contribution is 0.494. The van der Waals surface area contributed by atoms with Gasteiger partial charge in [0.25, 0.3) is 0 Å². The van der Waals surface area contributed by atoms with E-state index in [4.69, 9.17) is 0 Å². The summed E-state index contributed by atoms with van der Waals surface area (Å²) in [5.41, 5.74) is 2.23. The highest BCUT2D eigenvalue weighted by molar-refractivity contribution is 5.83. The van der Waals surface area contributed by atoms with E-state index in [0.717, 1.165) is 22.7 Å². The number of aromatic nitrogens is 1. The van der Waals surface area contributed by atoms with Gasteiger partial charge in [-0.2, -0.15) is 0 Å². The van der Waals surface area contributed by atoms with E-state index in [0.29, 0.717) is 5.56 Å². The van der Waals surface area contributed by atoms with Gasteiger partial charge in [0.05, 0.1) is 6.04 Å². The van der Waals surface area contributed by atoms with Gasteiger partial charge in [0, 0.05) is 28.4 Å². The number of hydrogen-bond acceptors (Lipinski definition) is 1. The molecule has 1 unspecified atom stereocenters. The van der Waals surface area contributed by atoms with Crippen molar-refractivity contribution in [1.82, 2.24) is 4.98 Å². The smallest absolute Gasteiger partial charge is 0.164 e. The van der Waals surface area contributed by atoms with Gasteiger partial charge in [-0.25, -0.2) is 8.78 Å². The third-order valence-corrected chi connectivity index (χ3v) is 3.38. The zero-order valence-corrected chi connectivity index (χ0v) is 11.0. The first-order valence-corrected chi connectivity index (χ1v) is 6.43. The fourth-order valence-electron chi connectivity index (χ4n) is 2.33. The summed E-state index contributed by atoms with van der Waals surface area (Å²) in [5, 5.41) is 4.26. The molecule has 0 aliphatic heterocycles. The quantitative estimate of drug-likeness (QED) is 0.715. The molecule has 0 amide bonds. The van der Waals surface area contributed by atoms with Gasteiger partial charge < -0.3 is 10.3 Å². The van der Waals surface area contributed by atoms with Crippen molar-refractivity contribution in [3.05, 3.63) is 65.9 Å². The molecule has 102 valence electrons. The van der Waals surface area contributed by atoms with Crippen LogP contribution in [0.2, 0.25) is 0 Å². The first-order chi connectivity index (χ1) is 9.65. The van der Waals surface area contributed by atoms with Crippen LogP contribution in [0, 0.1) is 11.6 Å². The Hall–Kier alpha value is -2.36. The van der Waals surface area contributed by atoms with E-state index < -0.39 is 11.6 Å². The second-order valence-electron chi connectivity index (χ2n) is 4.79. The Balaban J connectivity index is 1.87. The Bertz CT molecular complexity index is 749. The van der Waals surface area contributed by atoms with Crippen molar-refractivity contribution < 1.29 is 8.78 Å². The standard InChI is InChI=1S/C16H14F2N2/c1-10(13-3-2-4-14(17)16(13)18)20-12-5-6-15-11(9-12)7-8-19-15/h2-10,19-20H,1H3. The number of halogens is 2. The van der Waals surface area contributed by atoms with E-state index >= 15 is 0 Å². The molecule has 1 heterocycles. The molecule has 0 spiro atoms. The maximum atomic E-state index is 13.7. The molecule has 0 radical (unpaired) electrons. The first kappa shape index (κ1) is 12.7. The van der Waals surface area contributed by atoms with Crippen LogP contribution in [0.4, 0.5) is 14.5 Å². The average Bonchev–Trinajstić information content (AvgIpc) is 2.89. The highest BCUT2D eigenvalue weighted by atomic mass is 19.2. The van der Waals surface area contributed by atoms with Crippen molar-refractivity contribution in [2.24, 2.45) is 0 Å². The molecular formula is C16H14F2N2. The summed E-state index contributed by atoms with van der Waals surface area (Å²) in [4.78, 5) is 3.11. The Labute approximate surface area is 115 Å². The van der Waals surface area contributed by atoms with Crippen molar-refractivity contribution in [3.63, 3.8) is 0 Å². The van der Waals surface area contributed by atoms with Gasteiger partial charge in [-0.1, -0.05) is 12.1 Å². The van der Waals surface area contributed by atoms with Crippen LogP contribution in [0.3, 0.4) is 0 Å². The van der Waals surface area contributed by atoms with E-state index in [2.05, 4.69) is 10.3 Å². The summed E-state index contributed by atoms with van der Waals surface area (Å²) in [6.07, 6.45) is 1.87. The number of nitrogens with one attached hydrogen (secondary N) is 2. The molecular weight excluding hydrogens is 258 g/mol. The van der Waals surface area contributed by atoms with Gasteiger partial charge >= 0.3 is 0 Å². The molecule has 1 atom stereocenters. The molecule has 1 aromatic heterocycles. The molecule has 0 aliphatic rings. The van der Waals surface area contributed by atoms with Crippen LogP contribution in [0.1, 0.15) is 18.5 Å². The van der Waals surface area contributed by atoms with E-state index in [1.54, 1.807) is 13.0 Å². The van der Waals surface area contributed by atoms with Crippen LogP contribution in [-0.4, -0.2) is 4.98 Å². The number of benzene rings is 2. The zero-order chi connectivity index (χ0) is 14.1. The largest absolute Gasteiger partial charge is 0.378 e. The van der Waals surface area contributed by atoms with E-state index in [1.807, 2.05) is 30.5 Å². The molecule has 2 nitrogen and oxygen atoms in total. The van der Waals surface area contributed by atoms with Crippen molar-refractivity contribution in [3.8, 4) is 0 Å². The van der Waals surface area contributed by atoms with Crippen LogP contribution < -0.4 is 5.32 Å². The van der Waals surface area contributed by atoms with Crippen molar-refractivity contribution in [2.75, 3.05) is 5.32 Å². The second kappa shape index (κ2) is 4.96. The van der Waals surface area contributed by atoms with Crippen LogP contribution >= 0.6 is 0 Å². The van der Waals surface area contributed by atoms with Crippen molar-refractivity contribution in [2.45, 2.75) is 13.0 Å². The lowest BCUT2D eigenvalue weighted by Crippen LogP contribution is -2.09.